The molecule has 0 saturated heterocycles. The first kappa shape index (κ1) is 15.8. The largest absolute Gasteiger partial charge is 0.480 e. The van der Waals surface area contributed by atoms with Gasteiger partial charge in [-0.2, -0.15) is 11.8 Å². The Hall–Kier alpha value is -1.24. The third-order valence-electron chi connectivity index (χ3n) is 3.07. The number of carbonyl (C=O) groups is 3. The number of thioether (sulfide) groups is 1. The molecule has 19 heavy (non-hydrogen) atoms. The number of esters is 1. The molecule has 0 aromatic heterocycles. The summed E-state index contributed by atoms with van der Waals surface area (Å²) in [6.07, 6.45) is 2.31. The van der Waals surface area contributed by atoms with Crippen molar-refractivity contribution in [2.45, 2.75) is 32.2 Å². The minimum absolute atomic E-state index is 0.0307. The second kappa shape index (κ2) is 6.79. The second-order valence-electron chi connectivity index (χ2n) is 4.86. The molecule has 0 heterocycles. The first-order valence-electron chi connectivity index (χ1n) is 6.03. The first-order chi connectivity index (χ1) is 8.88. The smallest absolute Gasteiger partial charge is 0.327 e. The van der Waals surface area contributed by atoms with Crippen LogP contribution in [0.5, 0.6) is 0 Å². The Kier molecular flexibility index (Phi) is 5.65. The number of carboxylic acid groups (broad SMARTS) is 1. The van der Waals surface area contributed by atoms with E-state index in [1.54, 1.807) is 0 Å². The highest BCUT2D eigenvalue weighted by atomic mass is 32.2. The van der Waals surface area contributed by atoms with Crippen LogP contribution in [0, 0.1) is 5.41 Å². The summed E-state index contributed by atoms with van der Waals surface area (Å²) in [6, 6.07) is -0.878. The van der Waals surface area contributed by atoms with Crippen LogP contribution in [0.2, 0.25) is 0 Å². The highest BCUT2D eigenvalue weighted by Gasteiger charge is 2.44. The molecule has 1 aliphatic rings. The highest BCUT2D eigenvalue weighted by Crippen LogP contribution is 2.51. The Morgan fingerprint density at radius 2 is 2.05 bits per heavy atom. The third kappa shape index (κ3) is 5.50. The van der Waals surface area contributed by atoms with Crippen LogP contribution in [-0.4, -0.2) is 47.6 Å². The fourth-order valence-electron chi connectivity index (χ4n) is 1.74. The van der Waals surface area contributed by atoms with Crippen molar-refractivity contribution < 1.29 is 24.2 Å². The molecule has 1 unspecified atom stereocenters. The summed E-state index contributed by atoms with van der Waals surface area (Å²) in [4.78, 5) is 33.0. The van der Waals surface area contributed by atoms with Gasteiger partial charge < -0.3 is 15.2 Å². The Morgan fingerprint density at radius 1 is 1.42 bits per heavy atom. The lowest BCUT2D eigenvalue weighted by Gasteiger charge is -2.16. The molecule has 0 aromatic rings. The maximum atomic E-state index is 11.2. The predicted molar refractivity (Wildman–Crippen MR) is 70.9 cm³/mol. The zero-order chi connectivity index (χ0) is 14.5. The SMILES string of the molecule is COC(=O)CC1(CSCC(NC(C)=O)C(=O)O)CC1. The van der Waals surface area contributed by atoms with Crippen molar-refractivity contribution in [1.82, 2.24) is 5.32 Å². The fourth-order valence-corrected chi connectivity index (χ4v) is 3.14. The van der Waals surface area contributed by atoms with Crippen molar-refractivity contribution in [3.63, 3.8) is 0 Å². The van der Waals surface area contributed by atoms with Crippen molar-refractivity contribution in [2.75, 3.05) is 18.6 Å². The molecule has 1 aliphatic carbocycles. The molecule has 1 amide bonds. The van der Waals surface area contributed by atoms with Gasteiger partial charge in [-0.15, -0.1) is 0 Å². The van der Waals surface area contributed by atoms with Crippen molar-refractivity contribution >= 4 is 29.6 Å². The van der Waals surface area contributed by atoms with E-state index in [9.17, 15) is 14.4 Å². The van der Waals surface area contributed by atoms with E-state index in [1.807, 2.05) is 0 Å². The molecule has 1 saturated carbocycles. The molecule has 7 heteroatoms. The number of hydrogen-bond acceptors (Lipinski definition) is 5. The zero-order valence-electron chi connectivity index (χ0n) is 11.1. The van der Waals surface area contributed by atoms with E-state index >= 15 is 0 Å². The van der Waals surface area contributed by atoms with Gasteiger partial charge >= 0.3 is 11.9 Å². The van der Waals surface area contributed by atoms with Crippen LogP contribution in [0.15, 0.2) is 0 Å². The Labute approximate surface area is 116 Å². The predicted octanol–water partition coefficient (Wildman–Crippen LogP) is 0.652. The quantitative estimate of drug-likeness (QED) is 0.637. The summed E-state index contributed by atoms with van der Waals surface area (Å²) >= 11 is 1.45. The van der Waals surface area contributed by atoms with E-state index in [0.29, 0.717) is 17.9 Å². The number of methoxy groups -OCH3 is 1. The molecule has 6 nitrogen and oxygen atoms in total. The maximum absolute atomic E-state index is 11.2. The molecule has 108 valence electrons. The Morgan fingerprint density at radius 3 is 2.47 bits per heavy atom. The van der Waals surface area contributed by atoms with Crippen LogP contribution in [0.1, 0.15) is 26.2 Å². The number of carbonyl (C=O) groups excluding carboxylic acids is 2. The van der Waals surface area contributed by atoms with Crippen LogP contribution < -0.4 is 5.32 Å². The van der Waals surface area contributed by atoms with Crippen molar-refractivity contribution in [2.24, 2.45) is 5.41 Å². The summed E-state index contributed by atoms with van der Waals surface area (Å²) in [5.74, 6) is -0.609. The van der Waals surface area contributed by atoms with Gasteiger partial charge in [-0.1, -0.05) is 0 Å². The normalized spacial score (nSPS) is 17.4. The van der Waals surface area contributed by atoms with Gasteiger partial charge in [0.25, 0.3) is 0 Å². The minimum atomic E-state index is -1.04. The average molecular weight is 289 g/mol. The van der Waals surface area contributed by atoms with Crippen molar-refractivity contribution in [3.8, 4) is 0 Å². The molecule has 1 rings (SSSR count). The summed E-state index contributed by atoms with van der Waals surface area (Å²) in [5.41, 5.74) is -0.0307. The minimum Gasteiger partial charge on any atom is -0.480 e. The van der Waals surface area contributed by atoms with Crippen LogP contribution in [-0.2, 0) is 19.1 Å². The fraction of sp³-hybridized carbons (Fsp3) is 0.750. The van der Waals surface area contributed by atoms with Gasteiger partial charge in [0.2, 0.25) is 5.91 Å². The van der Waals surface area contributed by atoms with Crippen LogP contribution >= 0.6 is 11.8 Å². The van der Waals surface area contributed by atoms with Crippen LogP contribution in [0.3, 0.4) is 0 Å². The lowest BCUT2D eigenvalue weighted by atomic mass is 10.1. The topological polar surface area (TPSA) is 92.7 Å². The molecule has 0 spiro atoms. The summed E-state index contributed by atoms with van der Waals surface area (Å²) in [5, 5.41) is 11.3. The van der Waals surface area contributed by atoms with Gasteiger partial charge in [0.05, 0.1) is 13.5 Å². The Balaban J connectivity index is 2.34. The van der Waals surface area contributed by atoms with Crippen LogP contribution in [0.4, 0.5) is 0 Å². The van der Waals surface area contributed by atoms with E-state index in [-0.39, 0.29) is 17.3 Å². The molecule has 0 radical (unpaired) electrons. The molecule has 1 fully saturated rings. The number of hydrogen-bond donors (Lipinski definition) is 2. The van der Waals surface area contributed by atoms with Gasteiger partial charge in [-0.3, -0.25) is 9.59 Å². The number of nitrogens with one attached hydrogen (secondary N) is 1. The maximum Gasteiger partial charge on any atom is 0.327 e. The van der Waals surface area contributed by atoms with Crippen LogP contribution in [0.25, 0.3) is 0 Å². The van der Waals surface area contributed by atoms with Crippen molar-refractivity contribution in [1.29, 1.82) is 0 Å². The van der Waals surface area contributed by atoms with Gasteiger partial charge in [-0.25, -0.2) is 4.79 Å². The lowest BCUT2D eigenvalue weighted by molar-refractivity contribution is -0.142. The zero-order valence-corrected chi connectivity index (χ0v) is 11.9. The number of carboxylic acids is 1. The number of aliphatic carboxylic acids is 1. The number of amides is 1. The van der Waals surface area contributed by atoms with Gasteiger partial charge in [0, 0.05) is 12.7 Å². The second-order valence-corrected chi connectivity index (χ2v) is 5.89. The summed E-state index contributed by atoms with van der Waals surface area (Å²) < 4.78 is 4.65. The summed E-state index contributed by atoms with van der Waals surface area (Å²) in [6.45, 7) is 1.29. The number of ether oxygens (including phenoxy) is 1. The highest BCUT2D eigenvalue weighted by molar-refractivity contribution is 7.99. The van der Waals surface area contributed by atoms with E-state index in [2.05, 4.69) is 10.1 Å². The van der Waals surface area contributed by atoms with Gasteiger partial charge in [0.1, 0.15) is 6.04 Å². The molecule has 0 aliphatic heterocycles. The molecule has 0 aromatic carbocycles. The molecular weight excluding hydrogens is 270 g/mol. The van der Waals surface area contributed by atoms with E-state index in [1.165, 1.54) is 25.8 Å². The standard InChI is InChI=1S/C12H19NO5S/c1-8(14)13-9(11(16)17)6-19-7-12(3-4-12)5-10(15)18-2/h9H,3-7H2,1-2H3,(H,13,14)(H,16,17). The van der Waals surface area contributed by atoms with E-state index in [0.717, 1.165) is 12.8 Å². The monoisotopic (exact) mass is 289 g/mol. The molecule has 0 bridgehead atoms. The van der Waals surface area contributed by atoms with E-state index in [4.69, 9.17) is 5.11 Å². The van der Waals surface area contributed by atoms with Gasteiger partial charge in [0.15, 0.2) is 0 Å². The summed E-state index contributed by atoms with van der Waals surface area (Å²) in [7, 11) is 1.36. The third-order valence-corrected chi connectivity index (χ3v) is 4.46. The Bertz CT molecular complexity index is 367. The lowest BCUT2D eigenvalue weighted by Crippen LogP contribution is -2.41. The number of rotatable bonds is 8. The van der Waals surface area contributed by atoms with Gasteiger partial charge in [-0.05, 0) is 24.0 Å². The first-order valence-corrected chi connectivity index (χ1v) is 7.18. The molecule has 1 atom stereocenters. The van der Waals surface area contributed by atoms with E-state index < -0.39 is 12.0 Å². The molecule has 2 N–H and O–H groups in total. The average Bonchev–Trinajstić information content (AvgIpc) is 3.07. The molecular formula is C12H19NO5S. The van der Waals surface area contributed by atoms with Crippen molar-refractivity contribution in [3.05, 3.63) is 0 Å².